The van der Waals surface area contributed by atoms with E-state index in [9.17, 15) is 30.3 Å². The molecule has 0 unspecified atom stereocenters. The van der Waals surface area contributed by atoms with Crippen molar-refractivity contribution >= 4 is 28.7 Å². The van der Waals surface area contributed by atoms with Crippen LogP contribution in [-0.4, -0.2) is 22.9 Å². The van der Waals surface area contributed by atoms with Crippen molar-refractivity contribution in [2.45, 2.75) is 0 Å². The zero-order valence-electron chi connectivity index (χ0n) is 14.4. The number of carbonyl (C=O) groups is 1. The molecule has 2 aromatic carbocycles. The number of rotatable bonds is 7. The first-order valence-corrected chi connectivity index (χ1v) is 7.60. The predicted molar refractivity (Wildman–Crippen MR) is 98.7 cm³/mol. The number of nitrogens with zero attached hydrogens (tertiary/aromatic N) is 3. The van der Waals surface area contributed by atoms with E-state index in [2.05, 4.69) is 10.6 Å². The van der Waals surface area contributed by atoms with Crippen LogP contribution in [0, 0.1) is 31.6 Å². The lowest BCUT2D eigenvalue weighted by Gasteiger charge is -2.09. The van der Waals surface area contributed by atoms with Gasteiger partial charge in [0, 0.05) is 30.1 Å². The van der Waals surface area contributed by atoms with Gasteiger partial charge in [-0.15, -0.1) is 0 Å². The molecule has 0 aliphatic rings. The molecule has 0 aromatic heterocycles. The van der Waals surface area contributed by atoms with Crippen LogP contribution in [0.4, 0.5) is 22.7 Å². The summed E-state index contributed by atoms with van der Waals surface area (Å²) < 4.78 is 5.01. The number of nitro benzene ring substituents is 2. The second-order valence-corrected chi connectivity index (χ2v) is 5.22. The molecule has 11 heteroatoms. The third-order valence-corrected chi connectivity index (χ3v) is 3.45. The van der Waals surface area contributed by atoms with Crippen LogP contribution in [0.2, 0.25) is 0 Å². The first-order chi connectivity index (χ1) is 13.3. The van der Waals surface area contributed by atoms with Gasteiger partial charge in [0.15, 0.2) is 0 Å². The van der Waals surface area contributed by atoms with E-state index in [0.29, 0.717) is 5.69 Å². The summed E-state index contributed by atoms with van der Waals surface area (Å²) in [5.41, 5.74) is -0.264. The Morgan fingerprint density at radius 1 is 1.14 bits per heavy atom. The van der Waals surface area contributed by atoms with Gasteiger partial charge < -0.3 is 15.4 Å². The Hall–Kier alpha value is -4.46. The molecule has 28 heavy (non-hydrogen) atoms. The number of benzene rings is 2. The largest absolute Gasteiger partial charge is 0.494 e. The Labute approximate surface area is 158 Å². The second-order valence-electron chi connectivity index (χ2n) is 5.22. The molecule has 0 aliphatic carbocycles. The first-order valence-electron chi connectivity index (χ1n) is 7.60. The number of methoxy groups -OCH3 is 1. The minimum Gasteiger partial charge on any atom is -0.494 e. The summed E-state index contributed by atoms with van der Waals surface area (Å²) in [5, 5.41) is 35.8. The lowest BCUT2D eigenvalue weighted by atomic mass is 10.2. The van der Waals surface area contributed by atoms with Crippen molar-refractivity contribution in [2.75, 3.05) is 17.7 Å². The van der Waals surface area contributed by atoms with Crippen LogP contribution in [0.3, 0.4) is 0 Å². The van der Waals surface area contributed by atoms with Crippen molar-refractivity contribution in [3.05, 3.63) is 74.5 Å². The maximum absolute atomic E-state index is 12.3. The smallest absolute Gasteiger partial charge is 0.273 e. The van der Waals surface area contributed by atoms with Crippen molar-refractivity contribution in [3.8, 4) is 11.8 Å². The SMILES string of the molecule is COc1cc([N+](=O)[O-])ccc1NC(=O)/C(C#N)=C\Nc1cccc([N+](=O)[O-])c1. The first kappa shape index (κ1) is 19.9. The minimum absolute atomic E-state index is 0.0477. The number of anilines is 2. The molecule has 0 atom stereocenters. The molecule has 1 amide bonds. The maximum atomic E-state index is 12.3. The molecule has 11 nitrogen and oxygen atoms in total. The summed E-state index contributed by atoms with van der Waals surface area (Å²) >= 11 is 0. The van der Waals surface area contributed by atoms with Crippen LogP contribution in [0.15, 0.2) is 54.2 Å². The van der Waals surface area contributed by atoms with Crippen LogP contribution in [0.5, 0.6) is 5.75 Å². The van der Waals surface area contributed by atoms with Gasteiger partial charge in [-0.1, -0.05) is 6.07 Å². The van der Waals surface area contributed by atoms with Gasteiger partial charge in [0.1, 0.15) is 17.4 Å². The molecule has 2 rings (SSSR count). The molecule has 2 aromatic rings. The van der Waals surface area contributed by atoms with Crippen LogP contribution in [-0.2, 0) is 4.79 Å². The van der Waals surface area contributed by atoms with E-state index >= 15 is 0 Å². The lowest BCUT2D eigenvalue weighted by Crippen LogP contribution is -2.15. The molecule has 0 spiro atoms. The fourth-order valence-electron chi connectivity index (χ4n) is 2.10. The van der Waals surface area contributed by atoms with Crippen molar-refractivity contribution in [3.63, 3.8) is 0 Å². The topological polar surface area (TPSA) is 160 Å². The van der Waals surface area contributed by atoms with E-state index in [0.717, 1.165) is 12.3 Å². The maximum Gasteiger partial charge on any atom is 0.273 e. The molecule has 2 N–H and O–H groups in total. The molecular formula is C17H13N5O6. The highest BCUT2D eigenvalue weighted by Gasteiger charge is 2.16. The second kappa shape index (κ2) is 8.77. The normalized spacial score (nSPS) is 10.5. The molecule has 0 saturated heterocycles. The fourth-order valence-corrected chi connectivity index (χ4v) is 2.10. The van der Waals surface area contributed by atoms with E-state index in [4.69, 9.17) is 4.74 Å². The number of nitriles is 1. The van der Waals surface area contributed by atoms with Crippen LogP contribution in [0.1, 0.15) is 0 Å². The van der Waals surface area contributed by atoms with Gasteiger partial charge in [-0.2, -0.15) is 5.26 Å². The number of hydrogen-bond donors (Lipinski definition) is 2. The zero-order valence-corrected chi connectivity index (χ0v) is 14.4. The quantitative estimate of drug-likeness (QED) is 0.319. The Bertz CT molecular complexity index is 1010. The van der Waals surface area contributed by atoms with Crippen molar-refractivity contribution < 1.29 is 19.4 Å². The summed E-state index contributed by atoms with van der Waals surface area (Å²) in [6.45, 7) is 0. The number of nitro groups is 2. The number of non-ortho nitro benzene ring substituents is 2. The molecule has 0 radical (unpaired) electrons. The van der Waals surface area contributed by atoms with Crippen molar-refractivity contribution in [2.24, 2.45) is 0 Å². The van der Waals surface area contributed by atoms with Crippen LogP contribution in [0.25, 0.3) is 0 Å². The van der Waals surface area contributed by atoms with Gasteiger partial charge in [-0.3, -0.25) is 25.0 Å². The molecule has 142 valence electrons. The monoisotopic (exact) mass is 383 g/mol. The van der Waals surface area contributed by atoms with Crippen molar-refractivity contribution in [1.82, 2.24) is 0 Å². The predicted octanol–water partition coefficient (Wildman–Crippen LogP) is 2.97. The fraction of sp³-hybridized carbons (Fsp3) is 0.0588. The van der Waals surface area contributed by atoms with Gasteiger partial charge >= 0.3 is 0 Å². The summed E-state index contributed by atoms with van der Waals surface area (Å²) in [6.07, 6.45) is 1.09. The van der Waals surface area contributed by atoms with E-state index in [1.165, 1.54) is 43.5 Å². The molecular weight excluding hydrogens is 370 g/mol. The highest BCUT2D eigenvalue weighted by atomic mass is 16.6. The lowest BCUT2D eigenvalue weighted by molar-refractivity contribution is -0.385. The Morgan fingerprint density at radius 3 is 2.43 bits per heavy atom. The van der Waals surface area contributed by atoms with Gasteiger partial charge in [0.25, 0.3) is 17.3 Å². The Kier molecular flexibility index (Phi) is 6.22. The average molecular weight is 383 g/mol. The molecule has 0 fully saturated rings. The zero-order chi connectivity index (χ0) is 20.7. The van der Waals surface area contributed by atoms with E-state index in [1.54, 1.807) is 6.07 Å². The summed E-state index contributed by atoms with van der Waals surface area (Å²) in [4.78, 5) is 32.7. The van der Waals surface area contributed by atoms with Gasteiger partial charge in [0.2, 0.25) is 0 Å². The summed E-state index contributed by atoms with van der Waals surface area (Å²) in [7, 11) is 1.28. The number of ether oxygens (including phenoxy) is 1. The Morgan fingerprint density at radius 2 is 1.82 bits per heavy atom. The van der Waals surface area contributed by atoms with Gasteiger partial charge in [-0.25, -0.2) is 0 Å². The molecule has 0 saturated carbocycles. The Balaban J connectivity index is 2.19. The summed E-state index contributed by atoms with van der Waals surface area (Å²) in [5.74, 6) is -0.751. The number of hydrogen-bond acceptors (Lipinski definition) is 8. The van der Waals surface area contributed by atoms with Crippen molar-refractivity contribution in [1.29, 1.82) is 5.26 Å². The van der Waals surface area contributed by atoms with Gasteiger partial charge in [-0.05, 0) is 12.1 Å². The van der Waals surface area contributed by atoms with E-state index in [1.807, 2.05) is 0 Å². The third kappa shape index (κ3) is 4.79. The van der Waals surface area contributed by atoms with E-state index in [-0.39, 0.29) is 28.4 Å². The van der Waals surface area contributed by atoms with Crippen LogP contribution < -0.4 is 15.4 Å². The molecule has 0 heterocycles. The van der Waals surface area contributed by atoms with Gasteiger partial charge in [0.05, 0.1) is 28.7 Å². The number of carbonyl (C=O) groups excluding carboxylic acids is 1. The average Bonchev–Trinajstić information content (AvgIpc) is 2.68. The third-order valence-electron chi connectivity index (χ3n) is 3.45. The highest BCUT2D eigenvalue weighted by Crippen LogP contribution is 2.29. The van der Waals surface area contributed by atoms with Crippen LogP contribution >= 0.6 is 0 Å². The summed E-state index contributed by atoms with van der Waals surface area (Å²) in [6, 6.07) is 10.8. The highest BCUT2D eigenvalue weighted by molar-refractivity contribution is 6.07. The molecule has 0 aliphatic heterocycles. The number of nitrogens with one attached hydrogen (secondary N) is 2. The minimum atomic E-state index is -0.799. The molecule has 0 bridgehead atoms. The standard InChI is InChI=1S/C17H13N5O6/c1-28-16-8-14(22(26)27)5-6-15(16)20-17(23)11(9-18)10-19-12-3-2-4-13(7-12)21(24)25/h2-8,10,19H,1H3,(H,20,23)/b11-10-. The van der Waals surface area contributed by atoms with E-state index < -0.39 is 15.8 Å². The number of amides is 1.